The number of sulfonamides is 1. The lowest BCUT2D eigenvalue weighted by atomic mass is 10.1. The quantitative estimate of drug-likeness (QED) is 0.877. The summed E-state index contributed by atoms with van der Waals surface area (Å²) in [7, 11) is -2.20. The van der Waals surface area contributed by atoms with E-state index in [1.165, 1.54) is 30.4 Å². The Balaban J connectivity index is 3.27. The fraction of sp³-hybridized carbons (Fsp3) is 0.600. The summed E-state index contributed by atoms with van der Waals surface area (Å²) in [6, 6.07) is 2.59. The van der Waals surface area contributed by atoms with E-state index in [0.29, 0.717) is 11.5 Å². The fourth-order valence-corrected chi connectivity index (χ4v) is 3.97. The van der Waals surface area contributed by atoms with E-state index >= 15 is 0 Å². The Labute approximate surface area is 127 Å². The van der Waals surface area contributed by atoms with Crippen molar-refractivity contribution >= 4 is 10.0 Å². The zero-order valence-electron chi connectivity index (χ0n) is 13.4. The fourth-order valence-electron chi connectivity index (χ4n) is 2.32. The molecule has 0 aromatic heterocycles. The van der Waals surface area contributed by atoms with Gasteiger partial charge in [0.05, 0.1) is 4.90 Å². The van der Waals surface area contributed by atoms with Gasteiger partial charge in [0.25, 0.3) is 0 Å². The molecule has 0 aliphatic rings. The first-order valence-electron chi connectivity index (χ1n) is 7.08. The van der Waals surface area contributed by atoms with Crippen LogP contribution >= 0.6 is 0 Å². The maximum Gasteiger partial charge on any atom is 0.243 e. The molecule has 0 saturated carbocycles. The molecule has 0 bridgehead atoms. The average Bonchev–Trinajstić information content (AvgIpc) is 2.39. The molecule has 0 saturated heterocycles. The van der Waals surface area contributed by atoms with E-state index in [9.17, 15) is 12.8 Å². The predicted molar refractivity (Wildman–Crippen MR) is 82.9 cm³/mol. The summed E-state index contributed by atoms with van der Waals surface area (Å²) in [5.41, 5.74) is 6.12. The first-order valence-corrected chi connectivity index (χ1v) is 8.52. The monoisotopic (exact) mass is 316 g/mol. The van der Waals surface area contributed by atoms with Crippen LogP contribution in [0.5, 0.6) is 0 Å². The van der Waals surface area contributed by atoms with Gasteiger partial charge in [0.1, 0.15) is 5.82 Å². The molecule has 0 aliphatic heterocycles. The molecule has 0 spiro atoms. The van der Waals surface area contributed by atoms with Crippen LogP contribution in [-0.2, 0) is 16.6 Å². The van der Waals surface area contributed by atoms with E-state index in [-0.39, 0.29) is 23.0 Å². The third-order valence-electron chi connectivity index (χ3n) is 3.68. The topological polar surface area (TPSA) is 63.4 Å². The van der Waals surface area contributed by atoms with Crippen LogP contribution in [0.1, 0.15) is 38.3 Å². The van der Waals surface area contributed by atoms with Crippen molar-refractivity contribution in [2.45, 2.75) is 51.6 Å². The molecule has 6 heteroatoms. The first kappa shape index (κ1) is 18.1. The minimum absolute atomic E-state index is 0.000978. The number of benzene rings is 1. The van der Waals surface area contributed by atoms with Gasteiger partial charge in [-0.25, -0.2) is 12.8 Å². The third-order valence-corrected chi connectivity index (χ3v) is 5.78. The minimum atomic E-state index is -3.73. The second kappa shape index (κ2) is 6.85. The molecule has 0 radical (unpaired) electrons. The Morgan fingerprint density at radius 1 is 1.29 bits per heavy atom. The lowest BCUT2D eigenvalue weighted by Crippen LogP contribution is -2.36. The molecule has 1 aromatic rings. The van der Waals surface area contributed by atoms with E-state index in [2.05, 4.69) is 0 Å². The molecule has 4 nitrogen and oxygen atoms in total. The molecule has 0 amide bonds. The molecule has 120 valence electrons. The summed E-state index contributed by atoms with van der Waals surface area (Å²) in [4.78, 5) is 0.000978. The number of hydrogen-bond acceptors (Lipinski definition) is 3. The van der Waals surface area contributed by atoms with Crippen molar-refractivity contribution in [2.75, 3.05) is 7.05 Å². The summed E-state index contributed by atoms with van der Waals surface area (Å²) in [6.45, 7) is 7.51. The van der Waals surface area contributed by atoms with Crippen molar-refractivity contribution in [2.24, 2.45) is 11.7 Å². The SMILES string of the molecule is Cc1c(F)cc(CN)cc1S(=O)(=O)N(C)C(C)CC(C)C. The third kappa shape index (κ3) is 4.02. The smallest absolute Gasteiger partial charge is 0.243 e. The maximum absolute atomic E-state index is 13.9. The summed E-state index contributed by atoms with van der Waals surface area (Å²) >= 11 is 0. The van der Waals surface area contributed by atoms with Gasteiger partial charge in [-0.1, -0.05) is 13.8 Å². The van der Waals surface area contributed by atoms with Crippen LogP contribution in [-0.4, -0.2) is 25.8 Å². The Bertz CT molecular complexity index is 600. The van der Waals surface area contributed by atoms with E-state index in [4.69, 9.17) is 5.73 Å². The largest absolute Gasteiger partial charge is 0.326 e. The Hall–Kier alpha value is -0.980. The van der Waals surface area contributed by atoms with Gasteiger partial charge in [-0.3, -0.25) is 0 Å². The van der Waals surface area contributed by atoms with Crippen molar-refractivity contribution in [1.29, 1.82) is 0 Å². The molecular formula is C15H25FN2O2S. The van der Waals surface area contributed by atoms with Gasteiger partial charge in [0.2, 0.25) is 10.0 Å². The Kier molecular flexibility index (Phi) is 5.90. The van der Waals surface area contributed by atoms with E-state index in [0.717, 1.165) is 6.42 Å². The highest BCUT2D eigenvalue weighted by Crippen LogP contribution is 2.25. The highest BCUT2D eigenvalue weighted by atomic mass is 32.2. The molecule has 1 rings (SSSR count). The molecular weight excluding hydrogens is 291 g/mol. The van der Waals surface area contributed by atoms with Gasteiger partial charge in [-0.15, -0.1) is 0 Å². The molecule has 2 N–H and O–H groups in total. The van der Waals surface area contributed by atoms with E-state index in [1.54, 1.807) is 0 Å². The van der Waals surface area contributed by atoms with Crippen LogP contribution in [0.4, 0.5) is 4.39 Å². The second-order valence-electron chi connectivity index (χ2n) is 5.90. The van der Waals surface area contributed by atoms with Gasteiger partial charge < -0.3 is 5.73 Å². The van der Waals surface area contributed by atoms with Crippen molar-refractivity contribution in [3.8, 4) is 0 Å². The van der Waals surface area contributed by atoms with Crippen LogP contribution in [0.25, 0.3) is 0 Å². The Morgan fingerprint density at radius 3 is 2.33 bits per heavy atom. The minimum Gasteiger partial charge on any atom is -0.326 e. The molecule has 0 heterocycles. The maximum atomic E-state index is 13.9. The van der Waals surface area contributed by atoms with Crippen molar-refractivity contribution < 1.29 is 12.8 Å². The van der Waals surface area contributed by atoms with Crippen molar-refractivity contribution in [3.05, 3.63) is 29.1 Å². The molecule has 0 fully saturated rings. The lowest BCUT2D eigenvalue weighted by Gasteiger charge is -2.26. The van der Waals surface area contributed by atoms with Crippen LogP contribution in [0.15, 0.2) is 17.0 Å². The van der Waals surface area contributed by atoms with E-state index in [1.807, 2.05) is 20.8 Å². The summed E-state index contributed by atoms with van der Waals surface area (Å²) in [5.74, 6) is -0.160. The zero-order chi connectivity index (χ0) is 16.4. The number of halogens is 1. The van der Waals surface area contributed by atoms with Crippen molar-refractivity contribution in [1.82, 2.24) is 4.31 Å². The molecule has 1 atom stereocenters. The number of rotatable bonds is 6. The highest BCUT2D eigenvalue weighted by Gasteiger charge is 2.28. The zero-order valence-corrected chi connectivity index (χ0v) is 14.2. The standard InChI is InChI=1S/C15H25FN2O2S/c1-10(2)6-11(3)18(5)21(19,20)15-8-13(9-17)7-14(16)12(15)4/h7-8,10-11H,6,9,17H2,1-5H3. The number of hydrogen-bond donors (Lipinski definition) is 1. The van der Waals surface area contributed by atoms with E-state index < -0.39 is 15.8 Å². The second-order valence-corrected chi connectivity index (χ2v) is 7.87. The van der Waals surface area contributed by atoms with Gasteiger partial charge in [0.15, 0.2) is 0 Å². The van der Waals surface area contributed by atoms with Crippen LogP contribution in [0, 0.1) is 18.7 Å². The van der Waals surface area contributed by atoms with Gasteiger partial charge in [-0.2, -0.15) is 4.31 Å². The molecule has 1 aromatic carbocycles. The van der Waals surface area contributed by atoms with Crippen molar-refractivity contribution in [3.63, 3.8) is 0 Å². The van der Waals surface area contributed by atoms with Crippen LogP contribution < -0.4 is 5.73 Å². The van der Waals surface area contributed by atoms with Crippen LogP contribution in [0.3, 0.4) is 0 Å². The van der Waals surface area contributed by atoms with Gasteiger partial charge in [0, 0.05) is 25.2 Å². The predicted octanol–water partition coefficient (Wildman–Crippen LogP) is 2.65. The van der Waals surface area contributed by atoms with Gasteiger partial charge >= 0.3 is 0 Å². The average molecular weight is 316 g/mol. The Morgan fingerprint density at radius 2 is 1.86 bits per heavy atom. The molecule has 21 heavy (non-hydrogen) atoms. The summed E-state index contributed by atoms with van der Waals surface area (Å²) in [6.07, 6.45) is 0.744. The molecule has 0 aliphatic carbocycles. The number of nitrogens with two attached hydrogens (primary N) is 1. The van der Waals surface area contributed by atoms with Crippen LogP contribution in [0.2, 0.25) is 0 Å². The highest BCUT2D eigenvalue weighted by molar-refractivity contribution is 7.89. The van der Waals surface area contributed by atoms with Gasteiger partial charge in [-0.05, 0) is 43.9 Å². The summed E-state index contributed by atoms with van der Waals surface area (Å²) in [5, 5.41) is 0. The summed E-state index contributed by atoms with van der Waals surface area (Å²) < 4.78 is 40.6. The lowest BCUT2D eigenvalue weighted by molar-refractivity contribution is 0.337. The molecule has 1 unspecified atom stereocenters. The normalized spacial score (nSPS) is 14.0. The first-order chi connectivity index (χ1) is 9.61. The number of nitrogens with zero attached hydrogens (tertiary/aromatic N) is 1.